The molecule has 0 spiro atoms. The number of hydrogen-bond acceptors (Lipinski definition) is 3. The maximum Gasteiger partial charge on any atom is 0.177 e. The van der Waals surface area contributed by atoms with Crippen molar-refractivity contribution >= 4 is 17.7 Å². The van der Waals surface area contributed by atoms with Gasteiger partial charge in [0, 0.05) is 12.1 Å². The summed E-state index contributed by atoms with van der Waals surface area (Å²) in [4.78, 5) is 0. The first-order chi connectivity index (χ1) is 6.70. The molecule has 1 aromatic carbocycles. The fourth-order valence-corrected chi connectivity index (χ4v) is 1.25. The molecular weight excluding hydrogens is 202 g/mol. The lowest BCUT2D eigenvalue weighted by Gasteiger charge is -2.08. The van der Waals surface area contributed by atoms with Gasteiger partial charge in [-0.15, -0.1) is 0 Å². The van der Waals surface area contributed by atoms with Gasteiger partial charge in [0.1, 0.15) is 0 Å². The first-order valence-corrected chi connectivity index (χ1v) is 4.50. The van der Waals surface area contributed by atoms with Crippen molar-refractivity contribution in [2.45, 2.75) is 0 Å². The number of nitrogens with two attached hydrogens (primary N) is 1. The summed E-state index contributed by atoms with van der Waals surface area (Å²) in [5.74, 6) is 0.315. The monoisotopic (exact) mass is 213 g/mol. The molecule has 0 atom stereocenters. The van der Waals surface area contributed by atoms with E-state index in [1.54, 1.807) is 24.3 Å². The molecule has 0 aromatic heterocycles. The molecule has 0 saturated heterocycles. The van der Waals surface area contributed by atoms with Crippen molar-refractivity contribution in [2.24, 2.45) is 5.73 Å². The molecule has 0 saturated carbocycles. The average Bonchev–Trinajstić information content (AvgIpc) is 2.20. The van der Waals surface area contributed by atoms with E-state index in [1.807, 2.05) is 0 Å². The van der Waals surface area contributed by atoms with Crippen LogP contribution >= 0.6 is 11.6 Å². The van der Waals surface area contributed by atoms with Crippen molar-refractivity contribution in [3.63, 3.8) is 0 Å². The molecule has 0 aliphatic rings. The van der Waals surface area contributed by atoms with Crippen molar-refractivity contribution in [3.05, 3.63) is 28.8 Å². The normalized spacial score (nSPS) is 10.8. The summed E-state index contributed by atoms with van der Waals surface area (Å²) < 4.78 is 5.03. The van der Waals surface area contributed by atoms with Crippen LogP contribution in [0.1, 0.15) is 5.56 Å². The van der Waals surface area contributed by atoms with Crippen molar-refractivity contribution in [3.8, 4) is 11.5 Å². The Labute approximate surface area is 87.8 Å². The topological polar surface area (TPSA) is 55.5 Å². The molecular formula is C10H12ClNO2. The lowest BCUT2D eigenvalue weighted by Crippen LogP contribution is -1.93. The van der Waals surface area contributed by atoms with E-state index in [-0.39, 0.29) is 10.8 Å². The molecule has 0 bridgehead atoms. The van der Waals surface area contributed by atoms with Gasteiger partial charge in [0.2, 0.25) is 0 Å². The van der Waals surface area contributed by atoms with Gasteiger partial charge in [0.25, 0.3) is 0 Å². The van der Waals surface area contributed by atoms with Crippen LogP contribution in [0.15, 0.2) is 18.2 Å². The van der Waals surface area contributed by atoms with Crippen molar-refractivity contribution in [1.82, 2.24) is 0 Å². The minimum atomic E-state index is -0.0478. The molecule has 0 amide bonds. The maximum atomic E-state index is 9.56. The predicted molar refractivity (Wildman–Crippen MR) is 57.8 cm³/mol. The Hall–Kier alpha value is -1.19. The van der Waals surface area contributed by atoms with Crippen LogP contribution in [-0.4, -0.2) is 18.8 Å². The summed E-state index contributed by atoms with van der Waals surface area (Å²) in [7, 11) is 1.48. The summed E-state index contributed by atoms with van der Waals surface area (Å²) in [5, 5.41) is 9.83. The third-order valence-corrected chi connectivity index (χ3v) is 2.06. The van der Waals surface area contributed by atoms with Gasteiger partial charge in [0.05, 0.1) is 12.1 Å². The molecule has 3 N–H and O–H groups in total. The second-order valence-corrected chi connectivity index (χ2v) is 3.06. The molecule has 0 fully saturated rings. The lowest BCUT2D eigenvalue weighted by molar-refractivity contribution is 0.373. The van der Waals surface area contributed by atoms with Crippen molar-refractivity contribution in [1.29, 1.82) is 0 Å². The number of benzene rings is 1. The zero-order valence-electron chi connectivity index (χ0n) is 7.83. The lowest BCUT2D eigenvalue weighted by atomic mass is 10.1. The zero-order chi connectivity index (χ0) is 10.6. The number of aromatic hydroxyl groups is 1. The van der Waals surface area contributed by atoms with E-state index in [4.69, 9.17) is 22.1 Å². The first kappa shape index (κ1) is 10.9. The van der Waals surface area contributed by atoms with E-state index in [0.29, 0.717) is 12.3 Å². The van der Waals surface area contributed by atoms with Gasteiger partial charge in [-0.1, -0.05) is 23.8 Å². The van der Waals surface area contributed by atoms with Crippen LogP contribution < -0.4 is 10.5 Å². The number of phenols is 1. The molecule has 1 aromatic rings. The van der Waals surface area contributed by atoms with E-state index >= 15 is 0 Å². The van der Waals surface area contributed by atoms with E-state index in [2.05, 4.69) is 0 Å². The van der Waals surface area contributed by atoms with Gasteiger partial charge in [-0.3, -0.25) is 0 Å². The quantitative estimate of drug-likeness (QED) is 0.808. The molecule has 3 nitrogen and oxygen atoms in total. The van der Waals surface area contributed by atoms with Gasteiger partial charge in [0.15, 0.2) is 11.5 Å². The van der Waals surface area contributed by atoms with Crippen LogP contribution in [0.2, 0.25) is 5.02 Å². The highest BCUT2D eigenvalue weighted by Gasteiger charge is 2.09. The van der Waals surface area contributed by atoms with E-state index < -0.39 is 0 Å². The highest BCUT2D eigenvalue weighted by atomic mass is 35.5. The maximum absolute atomic E-state index is 9.56. The molecule has 14 heavy (non-hydrogen) atoms. The van der Waals surface area contributed by atoms with Crippen LogP contribution in [-0.2, 0) is 0 Å². The average molecular weight is 214 g/mol. The molecule has 0 aliphatic heterocycles. The van der Waals surface area contributed by atoms with Gasteiger partial charge < -0.3 is 15.6 Å². The number of rotatable bonds is 3. The smallest absolute Gasteiger partial charge is 0.177 e. The zero-order valence-corrected chi connectivity index (χ0v) is 8.58. The molecule has 0 radical (unpaired) electrons. The van der Waals surface area contributed by atoms with Crippen LogP contribution in [0.5, 0.6) is 11.5 Å². The Kier molecular flexibility index (Phi) is 3.80. The van der Waals surface area contributed by atoms with Crippen molar-refractivity contribution < 1.29 is 9.84 Å². The number of phenolic OH excluding ortho intramolecular Hbond substituents is 1. The Balaban J connectivity index is 3.17. The molecule has 76 valence electrons. The molecule has 1 rings (SSSR count). The van der Waals surface area contributed by atoms with Gasteiger partial charge in [-0.2, -0.15) is 0 Å². The largest absolute Gasteiger partial charge is 0.503 e. The highest BCUT2D eigenvalue weighted by Crippen LogP contribution is 2.37. The molecule has 0 heterocycles. The van der Waals surface area contributed by atoms with E-state index in [1.165, 1.54) is 7.11 Å². The Morgan fingerprint density at radius 2 is 2.29 bits per heavy atom. The van der Waals surface area contributed by atoms with E-state index in [0.717, 1.165) is 5.56 Å². The summed E-state index contributed by atoms with van der Waals surface area (Å²) in [6, 6.07) is 3.36. The standard InChI is InChI=1S/C10H12ClNO2/c1-14-10-7(3-2-6-12)4-5-8(11)9(10)13/h2-5,13H,6,12H2,1H3/b3-2+. The number of methoxy groups -OCH3 is 1. The van der Waals surface area contributed by atoms with Crippen LogP contribution in [0, 0.1) is 0 Å². The van der Waals surface area contributed by atoms with Crippen LogP contribution in [0.25, 0.3) is 6.08 Å². The van der Waals surface area contributed by atoms with Gasteiger partial charge in [-0.05, 0) is 12.1 Å². The fourth-order valence-electron chi connectivity index (χ4n) is 1.10. The molecule has 0 unspecified atom stereocenters. The Morgan fingerprint density at radius 3 is 2.86 bits per heavy atom. The number of halogens is 1. The Morgan fingerprint density at radius 1 is 1.57 bits per heavy atom. The van der Waals surface area contributed by atoms with Crippen LogP contribution in [0.3, 0.4) is 0 Å². The third kappa shape index (κ3) is 2.19. The third-order valence-electron chi connectivity index (χ3n) is 1.75. The number of hydrogen-bond donors (Lipinski definition) is 2. The van der Waals surface area contributed by atoms with Gasteiger partial charge in [-0.25, -0.2) is 0 Å². The second-order valence-electron chi connectivity index (χ2n) is 2.66. The highest BCUT2D eigenvalue weighted by molar-refractivity contribution is 6.32. The van der Waals surface area contributed by atoms with Crippen LogP contribution in [0.4, 0.5) is 0 Å². The summed E-state index contributed by atoms with van der Waals surface area (Å²) in [5.41, 5.74) is 6.07. The van der Waals surface area contributed by atoms with Crippen molar-refractivity contribution in [2.75, 3.05) is 13.7 Å². The molecule has 4 heteroatoms. The predicted octanol–water partition coefficient (Wildman–Crippen LogP) is 2.03. The SMILES string of the molecule is COc1c(/C=C/CN)ccc(Cl)c1O. The second kappa shape index (κ2) is 4.88. The Bertz CT molecular complexity index is 350. The summed E-state index contributed by atoms with van der Waals surface area (Å²) in [6.07, 6.45) is 3.54. The molecule has 0 aliphatic carbocycles. The first-order valence-electron chi connectivity index (χ1n) is 4.12. The van der Waals surface area contributed by atoms with Gasteiger partial charge >= 0.3 is 0 Å². The fraction of sp³-hybridized carbons (Fsp3) is 0.200. The minimum absolute atomic E-state index is 0.0478. The summed E-state index contributed by atoms with van der Waals surface area (Å²) >= 11 is 5.72. The van der Waals surface area contributed by atoms with E-state index in [9.17, 15) is 5.11 Å². The minimum Gasteiger partial charge on any atom is -0.503 e. The number of ether oxygens (including phenoxy) is 1. The summed E-state index contributed by atoms with van der Waals surface area (Å²) in [6.45, 7) is 0.437.